The van der Waals surface area contributed by atoms with Crippen LogP contribution in [0.2, 0.25) is 10.0 Å². The number of thioether (sulfide) groups is 2. The number of nitrogens with zero attached hydrogens (tertiary/aromatic N) is 6. The Kier molecular flexibility index (Phi) is 5.86. The quantitative estimate of drug-likeness (QED) is 0.251. The summed E-state index contributed by atoms with van der Waals surface area (Å²) < 4.78 is 2.89. The predicted molar refractivity (Wildman–Crippen MR) is 118 cm³/mol. The van der Waals surface area contributed by atoms with Gasteiger partial charge < -0.3 is 11.7 Å². The van der Waals surface area contributed by atoms with Gasteiger partial charge in [-0.05, 0) is 48.5 Å². The Morgan fingerprint density at radius 1 is 0.655 bits per heavy atom. The van der Waals surface area contributed by atoms with Gasteiger partial charge in [-0.1, -0.05) is 46.7 Å². The van der Waals surface area contributed by atoms with Gasteiger partial charge in [-0.2, -0.15) is 0 Å². The smallest absolute Gasteiger partial charge is 0.210 e. The maximum absolute atomic E-state index is 6.14. The maximum atomic E-state index is 6.14. The van der Waals surface area contributed by atoms with Crippen LogP contribution in [0.5, 0.6) is 0 Å². The molecule has 0 saturated heterocycles. The Morgan fingerprint density at radius 2 is 1.03 bits per heavy atom. The fourth-order valence-corrected chi connectivity index (χ4v) is 4.46. The molecule has 0 aliphatic rings. The lowest BCUT2D eigenvalue weighted by Gasteiger charge is -2.05. The normalized spacial score (nSPS) is 11.1. The second kappa shape index (κ2) is 8.54. The number of nitrogen functional groups attached to an aromatic ring is 2. The number of hydrogen-bond acceptors (Lipinski definition) is 8. The van der Waals surface area contributed by atoms with Crippen molar-refractivity contribution in [2.24, 2.45) is 0 Å². The van der Waals surface area contributed by atoms with E-state index in [1.807, 2.05) is 24.3 Å². The molecule has 0 radical (unpaired) electrons. The highest BCUT2D eigenvalue weighted by Crippen LogP contribution is 2.29. The molecular weight excluding hydrogens is 451 g/mol. The van der Waals surface area contributed by atoms with E-state index in [-0.39, 0.29) is 0 Å². The van der Waals surface area contributed by atoms with Crippen LogP contribution in [0.3, 0.4) is 0 Å². The monoisotopic (exact) mass is 464 g/mol. The first-order valence-electron chi connectivity index (χ1n) is 8.21. The van der Waals surface area contributed by atoms with Crippen LogP contribution in [0.4, 0.5) is 0 Å². The Labute approximate surface area is 184 Å². The van der Waals surface area contributed by atoms with E-state index < -0.39 is 0 Å². The Balaban J connectivity index is 1.42. The van der Waals surface area contributed by atoms with Crippen molar-refractivity contribution in [2.75, 3.05) is 16.8 Å². The van der Waals surface area contributed by atoms with Gasteiger partial charge in [-0.15, -0.1) is 20.4 Å². The Hall–Kier alpha value is -2.40. The van der Waals surface area contributed by atoms with Gasteiger partial charge in [0.05, 0.1) is 5.08 Å². The predicted octanol–water partition coefficient (Wildman–Crippen LogP) is 3.78. The third kappa shape index (κ3) is 4.30. The number of benzene rings is 2. The van der Waals surface area contributed by atoms with E-state index in [9.17, 15) is 0 Å². The zero-order valence-corrected chi connectivity index (χ0v) is 17.9. The molecule has 4 aromatic rings. The van der Waals surface area contributed by atoms with E-state index >= 15 is 0 Å². The third-order valence-electron chi connectivity index (χ3n) is 3.91. The SMILES string of the molecule is Nn1c(SCSc2nnc(-c3ccc(Cl)cc3)n2N)nnc1-c1ccc(Cl)cc1. The second-order valence-electron chi connectivity index (χ2n) is 5.77. The third-order valence-corrected chi connectivity index (χ3v) is 6.43. The summed E-state index contributed by atoms with van der Waals surface area (Å²) in [6.45, 7) is 0. The van der Waals surface area contributed by atoms with Crippen LogP contribution >= 0.6 is 46.7 Å². The molecule has 2 heterocycles. The summed E-state index contributed by atoms with van der Waals surface area (Å²) in [5, 5.41) is 19.6. The highest BCUT2D eigenvalue weighted by molar-refractivity contribution is 8.15. The summed E-state index contributed by atoms with van der Waals surface area (Å²) in [6, 6.07) is 14.5. The van der Waals surface area contributed by atoms with Gasteiger partial charge in [0.2, 0.25) is 10.3 Å². The molecule has 12 heteroatoms. The molecule has 2 aromatic carbocycles. The van der Waals surface area contributed by atoms with Crippen molar-refractivity contribution in [3.63, 3.8) is 0 Å². The van der Waals surface area contributed by atoms with E-state index in [0.29, 0.717) is 37.1 Å². The first kappa shape index (κ1) is 19.9. The Bertz CT molecular complexity index is 1040. The van der Waals surface area contributed by atoms with Gasteiger partial charge in [0.15, 0.2) is 11.6 Å². The minimum Gasteiger partial charge on any atom is -0.335 e. The molecule has 0 amide bonds. The van der Waals surface area contributed by atoms with Gasteiger partial charge in [0.25, 0.3) is 0 Å². The molecule has 0 fully saturated rings. The van der Waals surface area contributed by atoms with Gasteiger partial charge >= 0.3 is 0 Å². The van der Waals surface area contributed by atoms with E-state index in [4.69, 9.17) is 34.9 Å². The molecule has 4 N–H and O–H groups in total. The fraction of sp³-hybridized carbons (Fsp3) is 0.0588. The van der Waals surface area contributed by atoms with E-state index in [0.717, 1.165) is 11.1 Å². The zero-order valence-electron chi connectivity index (χ0n) is 14.7. The number of aromatic nitrogens is 6. The van der Waals surface area contributed by atoms with Gasteiger partial charge in [0, 0.05) is 21.2 Å². The van der Waals surface area contributed by atoms with Gasteiger partial charge in [-0.3, -0.25) is 0 Å². The van der Waals surface area contributed by atoms with Crippen LogP contribution in [0.15, 0.2) is 58.8 Å². The molecule has 0 aliphatic carbocycles. The molecule has 0 unspecified atom stereocenters. The molecule has 0 bridgehead atoms. The molecule has 148 valence electrons. The highest BCUT2D eigenvalue weighted by atomic mass is 35.5. The lowest BCUT2D eigenvalue weighted by Crippen LogP contribution is -2.12. The minimum atomic E-state index is 0.557. The minimum absolute atomic E-state index is 0.557. The van der Waals surface area contributed by atoms with Crippen LogP contribution in [0.25, 0.3) is 22.8 Å². The van der Waals surface area contributed by atoms with Crippen molar-refractivity contribution in [2.45, 2.75) is 10.3 Å². The molecule has 29 heavy (non-hydrogen) atoms. The number of rotatable bonds is 6. The lowest BCUT2D eigenvalue weighted by atomic mass is 10.2. The van der Waals surface area contributed by atoms with Crippen LogP contribution in [-0.4, -0.2) is 34.8 Å². The number of nitrogens with two attached hydrogens (primary N) is 2. The van der Waals surface area contributed by atoms with Crippen LogP contribution in [0.1, 0.15) is 0 Å². The van der Waals surface area contributed by atoms with Crippen molar-refractivity contribution in [3.8, 4) is 22.8 Å². The van der Waals surface area contributed by atoms with Crippen molar-refractivity contribution < 1.29 is 0 Å². The summed E-state index contributed by atoms with van der Waals surface area (Å²) in [5.41, 5.74) is 1.66. The van der Waals surface area contributed by atoms with Gasteiger partial charge in [0.1, 0.15) is 0 Å². The molecule has 0 atom stereocenters. The molecule has 0 aliphatic heterocycles. The molecule has 2 aromatic heterocycles. The van der Waals surface area contributed by atoms with Crippen LogP contribution in [-0.2, 0) is 0 Å². The Morgan fingerprint density at radius 3 is 1.41 bits per heavy atom. The average molecular weight is 465 g/mol. The van der Waals surface area contributed by atoms with Crippen molar-refractivity contribution in [1.82, 2.24) is 29.7 Å². The summed E-state index contributed by atoms with van der Waals surface area (Å²) in [5.74, 6) is 13.4. The average Bonchev–Trinajstić information content (AvgIpc) is 3.27. The van der Waals surface area contributed by atoms with Crippen LogP contribution in [0, 0.1) is 0 Å². The number of hydrogen-bond donors (Lipinski definition) is 2. The summed E-state index contributed by atoms with van der Waals surface area (Å²) in [4.78, 5) is 0. The standard InChI is InChI=1S/C17H14Cl2N8S2/c18-12-5-1-10(2-6-12)14-22-24-16(26(14)20)28-9-29-17-25-23-15(27(17)21)11-3-7-13(19)8-4-11/h1-8H,9,20-21H2. The fourth-order valence-electron chi connectivity index (χ4n) is 2.48. The number of halogens is 2. The van der Waals surface area contributed by atoms with Crippen molar-refractivity contribution in [3.05, 3.63) is 58.6 Å². The largest absolute Gasteiger partial charge is 0.335 e. The van der Waals surface area contributed by atoms with E-state index in [2.05, 4.69) is 20.4 Å². The molecule has 8 nitrogen and oxygen atoms in total. The summed E-state index contributed by atoms with van der Waals surface area (Å²) >= 11 is 14.7. The molecule has 4 rings (SSSR count). The zero-order chi connectivity index (χ0) is 20.4. The maximum Gasteiger partial charge on any atom is 0.210 e. The highest BCUT2D eigenvalue weighted by Gasteiger charge is 2.15. The molecule has 0 saturated carbocycles. The van der Waals surface area contributed by atoms with Gasteiger partial charge in [-0.25, -0.2) is 9.35 Å². The first-order chi connectivity index (χ1) is 14.0. The summed E-state index contributed by atoms with van der Waals surface area (Å²) in [7, 11) is 0. The lowest BCUT2D eigenvalue weighted by molar-refractivity contribution is 0.848. The van der Waals surface area contributed by atoms with Crippen molar-refractivity contribution in [1.29, 1.82) is 0 Å². The van der Waals surface area contributed by atoms with E-state index in [1.165, 1.54) is 32.9 Å². The topological polar surface area (TPSA) is 113 Å². The molecular formula is C17H14Cl2N8S2. The first-order valence-corrected chi connectivity index (χ1v) is 10.9. The van der Waals surface area contributed by atoms with E-state index in [1.54, 1.807) is 24.3 Å². The molecule has 0 spiro atoms. The van der Waals surface area contributed by atoms with Crippen LogP contribution < -0.4 is 11.7 Å². The summed E-state index contributed by atoms with van der Waals surface area (Å²) in [6.07, 6.45) is 0. The second-order valence-corrected chi connectivity index (χ2v) is 8.90. The van der Waals surface area contributed by atoms with Crippen molar-refractivity contribution >= 4 is 46.7 Å².